The van der Waals surface area contributed by atoms with Crippen LogP contribution in [-0.4, -0.2) is 11.5 Å². The van der Waals surface area contributed by atoms with E-state index in [1.807, 2.05) is 50.3 Å². The molecule has 1 aromatic heterocycles. The Morgan fingerprint density at radius 3 is 2.68 bits per heavy atom. The topological polar surface area (TPSA) is 60.7 Å². The fourth-order valence-electron chi connectivity index (χ4n) is 3.80. The van der Waals surface area contributed by atoms with E-state index in [0.29, 0.717) is 12.1 Å². The van der Waals surface area contributed by atoms with Crippen LogP contribution in [0, 0.1) is 11.3 Å². The van der Waals surface area contributed by atoms with Crippen LogP contribution in [0.15, 0.2) is 118 Å². The Kier molecular flexibility index (Phi) is 7.01. The normalized spacial score (nSPS) is 18.5. The molecule has 2 aromatic carbocycles. The van der Waals surface area contributed by atoms with Crippen LogP contribution >= 0.6 is 11.8 Å². The van der Waals surface area contributed by atoms with E-state index in [-0.39, 0.29) is 0 Å². The van der Waals surface area contributed by atoms with Gasteiger partial charge in [0.25, 0.3) is 0 Å². The molecule has 0 fully saturated rings. The maximum atomic E-state index is 9.48. The van der Waals surface area contributed by atoms with Crippen molar-refractivity contribution in [2.45, 2.75) is 23.6 Å². The summed E-state index contributed by atoms with van der Waals surface area (Å²) in [6.07, 6.45) is 5.57. The Balaban J connectivity index is 1.79. The van der Waals surface area contributed by atoms with Crippen LogP contribution in [0.5, 0.6) is 0 Å². The van der Waals surface area contributed by atoms with E-state index in [1.165, 1.54) is 0 Å². The quantitative estimate of drug-likeness (QED) is 0.419. The minimum absolute atomic E-state index is 0.567. The highest BCUT2D eigenvalue weighted by atomic mass is 32.2. The monoisotopic (exact) mass is 462 g/mol. The molecular weight excluding hydrogens is 436 g/mol. The second-order valence-electron chi connectivity index (χ2n) is 8.07. The summed E-state index contributed by atoms with van der Waals surface area (Å²) in [7, 11) is 0. The molecule has 2 heterocycles. The lowest BCUT2D eigenvalue weighted by molar-refractivity contribution is 0.907. The van der Waals surface area contributed by atoms with Gasteiger partial charge in [-0.15, -0.1) is 0 Å². The van der Waals surface area contributed by atoms with Gasteiger partial charge >= 0.3 is 0 Å². The summed E-state index contributed by atoms with van der Waals surface area (Å²) in [6, 6.07) is 20.8. The van der Waals surface area contributed by atoms with Crippen molar-refractivity contribution in [2.75, 3.05) is 11.9 Å². The number of allylic oxidation sites excluding steroid dienone is 7. The molecule has 5 heteroatoms. The number of fused-ring (bicyclic) bond motifs is 1. The molecule has 3 aromatic rings. The van der Waals surface area contributed by atoms with Crippen LogP contribution in [0.2, 0.25) is 0 Å². The Bertz CT molecular complexity index is 1400. The van der Waals surface area contributed by atoms with Crippen molar-refractivity contribution < 1.29 is 0 Å². The summed E-state index contributed by atoms with van der Waals surface area (Å²) in [5.74, 6) is 0. The number of nitriles is 1. The zero-order valence-electron chi connectivity index (χ0n) is 19.4. The molecule has 4 nitrogen and oxygen atoms in total. The molecule has 0 atom stereocenters. The van der Waals surface area contributed by atoms with Crippen molar-refractivity contribution >= 4 is 33.9 Å². The van der Waals surface area contributed by atoms with Crippen LogP contribution in [0.4, 0.5) is 5.69 Å². The zero-order chi connectivity index (χ0) is 24.1. The third kappa shape index (κ3) is 5.31. The summed E-state index contributed by atoms with van der Waals surface area (Å²) in [5.41, 5.74) is 6.86. The van der Waals surface area contributed by atoms with Gasteiger partial charge in [-0.3, -0.25) is 0 Å². The molecule has 0 spiro atoms. The molecule has 0 unspecified atom stereocenters. The third-order valence-corrected chi connectivity index (χ3v) is 6.38. The number of aromatic nitrogens is 1. The number of benzene rings is 2. The SMILES string of the molecule is C=C(C)Nc1ccc(Sc2cc(/C3=C(\C)NC/C=C\C(C#N)=C/C3=C)nc3ccccc23)cc1. The lowest BCUT2D eigenvalue weighted by atomic mass is 9.98. The second-order valence-corrected chi connectivity index (χ2v) is 9.19. The number of nitrogens with one attached hydrogen (secondary N) is 2. The number of pyridine rings is 1. The first kappa shape index (κ1) is 23.2. The van der Waals surface area contributed by atoms with Crippen molar-refractivity contribution in [3.05, 3.63) is 114 Å². The average Bonchev–Trinajstić information content (AvgIpc) is 2.88. The lowest BCUT2D eigenvalue weighted by Crippen LogP contribution is -2.13. The van der Waals surface area contributed by atoms with E-state index < -0.39 is 0 Å². The zero-order valence-corrected chi connectivity index (χ0v) is 20.2. The second kappa shape index (κ2) is 10.3. The van der Waals surface area contributed by atoms with E-state index in [0.717, 1.165) is 54.6 Å². The molecule has 4 rings (SSSR count). The molecule has 0 aliphatic carbocycles. The fourth-order valence-corrected chi connectivity index (χ4v) is 4.78. The molecule has 0 radical (unpaired) electrons. The van der Waals surface area contributed by atoms with Gasteiger partial charge in [0.05, 0.1) is 22.9 Å². The highest BCUT2D eigenvalue weighted by Gasteiger charge is 2.16. The predicted molar refractivity (Wildman–Crippen MR) is 143 cm³/mol. The molecule has 0 bridgehead atoms. The van der Waals surface area contributed by atoms with E-state index in [9.17, 15) is 5.26 Å². The summed E-state index contributed by atoms with van der Waals surface area (Å²) < 4.78 is 0. The van der Waals surface area contributed by atoms with Crippen molar-refractivity contribution in [2.24, 2.45) is 0 Å². The molecule has 168 valence electrons. The standard InChI is InChI=1S/C29H26N4S/c1-19(2)32-23-11-13-24(14-12-23)34-28-17-27(33-26-10-6-5-9-25(26)28)29-20(3)16-22(18-30)8-7-15-31-21(29)4/h5-14,16-17,31-32H,1,3,15H2,2,4H3/b8-7-,22-16+,29-21+. The smallest absolute Gasteiger partial charge is 0.0991 e. The molecule has 34 heavy (non-hydrogen) atoms. The minimum Gasteiger partial charge on any atom is -0.385 e. The van der Waals surface area contributed by atoms with Gasteiger partial charge in [-0.2, -0.15) is 5.26 Å². The van der Waals surface area contributed by atoms with Gasteiger partial charge in [0, 0.05) is 44.4 Å². The maximum absolute atomic E-state index is 9.48. The molecule has 1 aliphatic rings. The maximum Gasteiger partial charge on any atom is 0.0991 e. The third-order valence-electron chi connectivity index (χ3n) is 5.31. The predicted octanol–water partition coefficient (Wildman–Crippen LogP) is 7.23. The number of hydrogen-bond donors (Lipinski definition) is 2. The van der Waals surface area contributed by atoms with Gasteiger partial charge < -0.3 is 10.6 Å². The van der Waals surface area contributed by atoms with Gasteiger partial charge in [0.2, 0.25) is 0 Å². The number of para-hydroxylation sites is 1. The van der Waals surface area contributed by atoms with Crippen LogP contribution in [0.1, 0.15) is 19.5 Å². The largest absolute Gasteiger partial charge is 0.385 e. The first-order chi connectivity index (χ1) is 16.4. The number of anilines is 1. The van der Waals surface area contributed by atoms with E-state index in [2.05, 4.69) is 66.3 Å². The van der Waals surface area contributed by atoms with Crippen LogP contribution in [-0.2, 0) is 0 Å². The molecule has 1 aliphatic heterocycles. The minimum atomic E-state index is 0.567. The molecule has 2 N–H and O–H groups in total. The van der Waals surface area contributed by atoms with Crippen LogP contribution in [0.25, 0.3) is 16.5 Å². The molecule has 0 saturated carbocycles. The molecular formula is C29H26N4S. The summed E-state index contributed by atoms with van der Waals surface area (Å²) >= 11 is 1.70. The van der Waals surface area contributed by atoms with Gasteiger partial charge in [-0.1, -0.05) is 49.2 Å². The van der Waals surface area contributed by atoms with E-state index in [1.54, 1.807) is 11.8 Å². The van der Waals surface area contributed by atoms with Gasteiger partial charge in [0.1, 0.15) is 0 Å². The number of rotatable bonds is 5. The number of nitrogens with zero attached hydrogens (tertiary/aromatic N) is 2. The van der Waals surface area contributed by atoms with Crippen LogP contribution in [0.3, 0.4) is 0 Å². The average molecular weight is 463 g/mol. The first-order valence-electron chi connectivity index (χ1n) is 11.0. The summed E-state index contributed by atoms with van der Waals surface area (Å²) in [4.78, 5) is 7.21. The van der Waals surface area contributed by atoms with Crippen molar-refractivity contribution in [1.82, 2.24) is 10.3 Å². The van der Waals surface area contributed by atoms with E-state index >= 15 is 0 Å². The molecule has 0 amide bonds. The Morgan fingerprint density at radius 2 is 1.94 bits per heavy atom. The molecule has 0 saturated heterocycles. The Morgan fingerprint density at radius 1 is 1.18 bits per heavy atom. The van der Waals surface area contributed by atoms with Crippen molar-refractivity contribution in [1.29, 1.82) is 5.26 Å². The number of hydrogen-bond acceptors (Lipinski definition) is 5. The Labute approximate surface area is 205 Å². The van der Waals surface area contributed by atoms with Gasteiger partial charge in [0.15, 0.2) is 0 Å². The lowest BCUT2D eigenvalue weighted by Gasteiger charge is -2.16. The summed E-state index contributed by atoms with van der Waals surface area (Å²) in [6.45, 7) is 12.8. The van der Waals surface area contributed by atoms with Gasteiger partial charge in [-0.05, 0) is 68.0 Å². The van der Waals surface area contributed by atoms with Crippen molar-refractivity contribution in [3.8, 4) is 6.07 Å². The van der Waals surface area contributed by atoms with Crippen molar-refractivity contribution in [3.63, 3.8) is 0 Å². The van der Waals surface area contributed by atoms with E-state index in [4.69, 9.17) is 4.98 Å². The Hall–Kier alpha value is -4.01. The van der Waals surface area contributed by atoms with Gasteiger partial charge in [-0.25, -0.2) is 4.98 Å². The fraction of sp³-hybridized carbons (Fsp3) is 0.103. The summed E-state index contributed by atoms with van der Waals surface area (Å²) in [5, 5.41) is 17.2. The first-order valence-corrected chi connectivity index (χ1v) is 11.8. The highest BCUT2D eigenvalue weighted by Crippen LogP contribution is 2.37. The van der Waals surface area contributed by atoms with Crippen LogP contribution < -0.4 is 10.6 Å². The highest BCUT2D eigenvalue weighted by molar-refractivity contribution is 7.99.